The number of pyridine rings is 1. The maximum Gasteiger partial charge on any atom is 0.339 e. The molecule has 2 N–H and O–H groups in total. The van der Waals surface area contributed by atoms with Crippen LogP contribution >= 0.6 is 0 Å². The third kappa shape index (κ3) is 3.00. The maximum absolute atomic E-state index is 11.1. The summed E-state index contributed by atoms with van der Waals surface area (Å²) in [7, 11) is 0. The topological polar surface area (TPSA) is 62.2 Å². The number of carboxylic acid groups (broad SMARTS) is 1. The summed E-state index contributed by atoms with van der Waals surface area (Å²) < 4.78 is 0. The minimum absolute atomic E-state index is 0.260. The lowest BCUT2D eigenvalue weighted by Crippen LogP contribution is -2.28. The van der Waals surface area contributed by atoms with Gasteiger partial charge in [-0.3, -0.25) is 0 Å². The Hall–Kier alpha value is -1.58. The van der Waals surface area contributed by atoms with Crippen molar-refractivity contribution in [3.8, 4) is 0 Å². The average Bonchev–Trinajstić information content (AvgIpc) is 2.39. The van der Waals surface area contributed by atoms with E-state index in [9.17, 15) is 4.79 Å². The van der Waals surface area contributed by atoms with Gasteiger partial charge in [-0.25, -0.2) is 9.78 Å². The first-order valence-electron chi connectivity index (χ1n) is 6.65. The van der Waals surface area contributed by atoms with Crippen LogP contribution in [0, 0.1) is 5.92 Å². The highest BCUT2D eigenvalue weighted by atomic mass is 16.4. The second kappa shape index (κ2) is 5.85. The molecule has 1 aromatic heterocycles. The van der Waals surface area contributed by atoms with Crippen LogP contribution in [0.1, 0.15) is 49.4 Å². The molecule has 18 heavy (non-hydrogen) atoms. The van der Waals surface area contributed by atoms with E-state index >= 15 is 0 Å². The Labute approximate surface area is 107 Å². The lowest BCUT2D eigenvalue weighted by molar-refractivity contribution is 0.0697. The minimum Gasteiger partial charge on any atom is -0.478 e. The number of nitrogens with zero attached hydrogens (tertiary/aromatic N) is 1. The molecule has 2 unspecified atom stereocenters. The Kier molecular flexibility index (Phi) is 4.18. The lowest BCUT2D eigenvalue weighted by atomic mass is 9.84. The molecule has 0 spiro atoms. The Morgan fingerprint density at radius 2 is 2.39 bits per heavy atom. The summed E-state index contributed by atoms with van der Waals surface area (Å²) in [6.45, 7) is 2.22. The molecular formula is C14H20N2O2. The van der Waals surface area contributed by atoms with Crippen LogP contribution in [0.15, 0.2) is 18.3 Å². The maximum atomic E-state index is 11.1. The normalized spacial score (nSPS) is 23.6. The molecule has 0 amide bonds. The molecule has 2 rings (SSSR count). The van der Waals surface area contributed by atoms with Gasteiger partial charge in [0, 0.05) is 12.2 Å². The number of carbonyl (C=O) groups is 1. The van der Waals surface area contributed by atoms with Gasteiger partial charge in [-0.05, 0) is 30.9 Å². The highest BCUT2D eigenvalue weighted by Gasteiger charge is 2.22. The summed E-state index contributed by atoms with van der Waals surface area (Å²) in [6, 6.07) is 3.61. The van der Waals surface area contributed by atoms with Gasteiger partial charge < -0.3 is 10.4 Å². The molecular weight excluding hydrogens is 228 g/mol. The number of aromatic carboxylic acids is 1. The Bertz CT molecular complexity index is 420. The molecule has 0 saturated heterocycles. The summed E-state index contributed by atoms with van der Waals surface area (Å²) in [5.74, 6) is 0.341. The highest BCUT2D eigenvalue weighted by Crippen LogP contribution is 2.28. The van der Waals surface area contributed by atoms with Crippen LogP contribution < -0.4 is 5.32 Å². The molecule has 1 saturated carbocycles. The van der Waals surface area contributed by atoms with Gasteiger partial charge in [-0.1, -0.05) is 26.2 Å². The van der Waals surface area contributed by atoms with E-state index < -0.39 is 5.97 Å². The van der Waals surface area contributed by atoms with Crippen LogP contribution in [-0.2, 0) is 0 Å². The molecule has 4 heteroatoms. The van der Waals surface area contributed by atoms with E-state index in [2.05, 4.69) is 17.2 Å². The van der Waals surface area contributed by atoms with E-state index in [1.807, 2.05) is 0 Å². The Morgan fingerprint density at radius 1 is 1.56 bits per heavy atom. The van der Waals surface area contributed by atoms with Crippen molar-refractivity contribution >= 4 is 11.8 Å². The van der Waals surface area contributed by atoms with Crippen molar-refractivity contribution in [3.05, 3.63) is 23.9 Å². The number of hydrogen-bond acceptors (Lipinski definition) is 3. The zero-order chi connectivity index (χ0) is 13.0. The first-order valence-corrected chi connectivity index (χ1v) is 6.65. The van der Waals surface area contributed by atoms with Gasteiger partial charge in [0.2, 0.25) is 0 Å². The van der Waals surface area contributed by atoms with Gasteiger partial charge in [-0.15, -0.1) is 0 Å². The SMILES string of the molecule is CCC1CCCC(Nc2ncccc2C(=O)O)C1. The Balaban J connectivity index is 2.07. The quantitative estimate of drug-likeness (QED) is 0.859. The molecule has 4 nitrogen and oxygen atoms in total. The van der Waals surface area contributed by atoms with Crippen molar-refractivity contribution in [2.45, 2.75) is 45.1 Å². The zero-order valence-electron chi connectivity index (χ0n) is 10.7. The molecule has 0 aromatic carbocycles. The van der Waals surface area contributed by atoms with E-state index in [1.54, 1.807) is 18.3 Å². The minimum atomic E-state index is -0.923. The van der Waals surface area contributed by atoms with Gasteiger partial charge in [0.05, 0.1) is 0 Å². The number of aromatic nitrogens is 1. The molecule has 1 aliphatic carbocycles. The third-order valence-corrected chi connectivity index (χ3v) is 3.74. The lowest BCUT2D eigenvalue weighted by Gasteiger charge is -2.29. The van der Waals surface area contributed by atoms with Gasteiger partial charge >= 0.3 is 5.97 Å². The van der Waals surface area contributed by atoms with Crippen LogP contribution in [0.4, 0.5) is 5.82 Å². The van der Waals surface area contributed by atoms with Gasteiger partial charge in [0.25, 0.3) is 0 Å². The van der Waals surface area contributed by atoms with Crippen molar-refractivity contribution < 1.29 is 9.90 Å². The molecule has 98 valence electrons. The fourth-order valence-corrected chi connectivity index (χ4v) is 2.68. The van der Waals surface area contributed by atoms with Crippen LogP contribution in [0.2, 0.25) is 0 Å². The molecule has 1 aromatic rings. The molecule has 1 fully saturated rings. The van der Waals surface area contributed by atoms with Gasteiger partial charge in [-0.2, -0.15) is 0 Å². The van der Waals surface area contributed by atoms with Gasteiger partial charge in [0.1, 0.15) is 11.4 Å². The van der Waals surface area contributed by atoms with E-state index in [4.69, 9.17) is 5.11 Å². The number of anilines is 1. The molecule has 0 aliphatic heterocycles. The third-order valence-electron chi connectivity index (χ3n) is 3.74. The molecule has 2 atom stereocenters. The number of nitrogens with one attached hydrogen (secondary N) is 1. The standard InChI is InChI=1S/C14H20N2O2/c1-2-10-5-3-6-11(9-10)16-13-12(14(17)18)7-4-8-15-13/h4,7-8,10-11H,2-3,5-6,9H2,1H3,(H,15,16)(H,17,18). The molecule has 1 heterocycles. The zero-order valence-corrected chi connectivity index (χ0v) is 10.7. The van der Waals surface area contributed by atoms with Crippen molar-refractivity contribution in [1.29, 1.82) is 0 Å². The van der Waals surface area contributed by atoms with E-state index in [1.165, 1.54) is 19.3 Å². The summed E-state index contributed by atoms with van der Waals surface area (Å²) in [5.41, 5.74) is 0.260. The molecule has 0 bridgehead atoms. The number of rotatable bonds is 4. The van der Waals surface area contributed by atoms with Crippen molar-refractivity contribution in [1.82, 2.24) is 4.98 Å². The summed E-state index contributed by atoms with van der Waals surface area (Å²) in [5, 5.41) is 12.4. The Morgan fingerprint density at radius 3 is 3.11 bits per heavy atom. The number of hydrogen-bond donors (Lipinski definition) is 2. The summed E-state index contributed by atoms with van der Waals surface area (Å²) in [4.78, 5) is 15.3. The first kappa shape index (κ1) is 12.9. The van der Waals surface area contributed by atoms with Crippen molar-refractivity contribution in [2.75, 3.05) is 5.32 Å². The van der Waals surface area contributed by atoms with E-state index in [0.29, 0.717) is 11.9 Å². The number of carboxylic acids is 1. The second-order valence-electron chi connectivity index (χ2n) is 4.99. The summed E-state index contributed by atoms with van der Waals surface area (Å²) >= 11 is 0. The fourth-order valence-electron chi connectivity index (χ4n) is 2.68. The van der Waals surface area contributed by atoms with Gasteiger partial charge in [0.15, 0.2) is 0 Å². The highest BCUT2D eigenvalue weighted by molar-refractivity contribution is 5.93. The predicted molar refractivity (Wildman–Crippen MR) is 70.9 cm³/mol. The summed E-state index contributed by atoms with van der Waals surface area (Å²) in [6.07, 6.45) is 7.56. The van der Waals surface area contributed by atoms with Crippen LogP contribution in [0.5, 0.6) is 0 Å². The molecule has 1 aliphatic rings. The smallest absolute Gasteiger partial charge is 0.339 e. The van der Waals surface area contributed by atoms with E-state index in [0.717, 1.165) is 18.8 Å². The van der Waals surface area contributed by atoms with Crippen molar-refractivity contribution in [2.24, 2.45) is 5.92 Å². The predicted octanol–water partition coefficient (Wildman–Crippen LogP) is 3.16. The first-order chi connectivity index (χ1) is 8.70. The van der Waals surface area contributed by atoms with E-state index in [-0.39, 0.29) is 5.56 Å². The van der Waals surface area contributed by atoms with Crippen molar-refractivity contribution in [3.63, 3.8) is 0 Å². The van der Waals surface area contributed by atoms with Crippen LogP contribution in [0.3, 0.4) is 0 Å². The largest absolute Gasteiger partial charge is 0.478 e. The monoisotopic (exact) mass is 248 g/mol. The van der Waals surface area contributed by atoms with Crippen LogP contribution in [-0.4, -0.2) is 22.1 Å². The average molecular weight is 248 g/mol. The molecule has 0 radical (unpaired) electrons. The second-order valence-corrected chi connectivity index (χ2v) is 4.99. The fraction of sp³-hybridized carbons (Fsp3) is 0.571. The van der Waals surface area contributed by atoms with Crippen LogP contribution in [0.25, 0.3) is 0 Å².